The number of fused-ring (bicyclic) bond motifs is 4. The van der Waals surface area contributed by atoms with E-state index >= 15 is 0 Å². The molecule has 0 aliphatic carbocycles. The molecule has 1 N–H and O–H groups in total. The SMILES string of the molecule is O=C(O)c1coc2ccc3cc4ccccc4cc3c12. The van der Waals surface area contributed by atoms with Gasteiger partial charge in [-0.2, -0.15) is 0 Å². The van der Waals surface area contributed by atoms with Gasteiger partial charge in [-0.15, -0.1) is 0 Å². The fourth-order valence-corrected chi connectivity index (χ4v) is 2.71. The topological polar surface area (TPSA) is 50.4 Å². The standard InChI is InChI=1S/C17H10O3/c18-17(19)14-9-20-15-6-5-12-7-10-3-1-2-4-11(10)8-13(12)16(14)15/h1-9H,(H,18,19). The Balaban J connectivity index is 2.25. The smallest absolute Gasteiger partial charge is 0.339 e. The van der Waals surface area contributed by atoms with E-state index in [1.54, 1.807) is 0 Å². The summed E-state index contributed by atoms with van der Waals surface area (Å²) in [5.41, 5.74) is 0.811. The number of carbonyl (C=O) groups is 1. The van der Waals surface area contributed by atoms with Crippen molar-refractivity contribution in [1.29, 1.82) is 0 Å². The lowest BCUT2D eigenvalue weighted by atomic mass is 9.99. The van der Waals surface area contributed by atoms with E-state index < -0.39 is 5.97 Å². The average Bonchev–Trinajstić information content (AvgIpc) is 2.89. The predicted molar refractivity (Wildman–Crippen MR) is 78.2 cm³/mol. The molecule has 1 aromatic heterocycles. The molecule has 0 spiro atoms. The minimum Gasteiger partial charge on any atom is -0.478 e. The maximum Gasteiger partial charge on any atom is 0.339 e. The first-order valence-electron chi connectivity index (χ1n) is 6.30. The molecule has 4 rings (SSSR count). The summed E-state index contributed by atoms with van der Waals surface area (Å²) >= 11 is 0. The van der Waals surface area contributed by atoms with Crippen molar-refractivity contribution in [2.75, 3.05) is 0 Å². The van der Waals surface area contributed by atoms with Gasteiger partial charge in [-0.1, -0.05) is 30.3 Å². The highest BCUT2D eigenvalue weighted by atomic mass is 16.4. The third-order valence-corrected chi connectivity index (χ3v) is 3.65. The van der Waals surface area contributed by atoms with Crippen LogP contribution in [0.5, 0.6) is 0 Å². The van der Waals surface area contributed by atoms with Crippen LogP contribution in [0.15, 0.2) is 59.2 Å². The molecule has 1 heterocycles. The van der Waals surface area contributed by atoms with Crippen LogP contribution in [0.25, 0.3) is 32.5 Å². The fourth-order valence-electron chi connectivity index (χ4n) is 2.71. The third kappa shape index (κ3) is 1.43. The first-order valence-corrected chi connectivity index (χ1v) is 6.30. The number of carboxylic acid groups (broad SMARTS) is 1. The van der Waals surface area contributed by atoms with Gasteiger partial charge in [0.25, 0.3) is 0 Å². The first-order chi connectivity index (χ1) is 9.74. The van der Waals surface area contributed by atoms with Crippen LogP contribution < -0.4 is 0 Å². The number of hydrogen-bond acceptors (Lipinski definition) is 2. The van der Waals surface area contributed by atoms with Gasteiger partial charge >= 0.3 is 5.97 Å². The summed E-state index contributed by atoms with van der Waals surface area (Å²) in [6.45, 7) is 0. The van der Waals surface area contributed by atoms with Crippen molar-refractivity contribution >= 4 is 38.5 Å². The summed E-state index contributed by atoms with van der Waals surface area (Å²) in [7, 11) is 0. The Bertz CT molecular complexity index is 979. The number of furan rings is 1. The summed E-state index contributed by atoms with van der Waals surface area (Å²) < 4.78 is 5.35. The number of rotatable bonds is 1. The molecule has 20 heavy (non-hydrogen) atoms. The number of carboxylic acids is 1. The van der Waals surface area contributed by atoms with E-state index in [2.05, 4.69) is 6.07 Å². The Morgan fingerprint density at radius 2 is 1.70 bits per heavy atom. The maximum atomic E-state index is 11.3. The summed E-state index contributed by atoms with van der Waals surface area (Å²) in [6, 6.07) is 15.9. The van der Waals surface area contributed by atoms with Crippen molar-refractivity contribution in [1.82, 2.24) is 0 Å². The minimum absolute atomic E-state index is 0.209. The van der Waals surface area contributed by atoms with Gasteiger partial charge in [0.2, 0.25) is 0 Å². The second-order valence-corrected chi connectivity index (χ2v) is 4.81. The second-order valence-electron chi connectivity index (χ2n) is 4.81. The van der Waals surface area contributed by atoms with Crippen LogP contribution in [0.2, 0.25) is 0 Å². The molecule has 96 valence electrons. The van der Waals surface area contributed by atoms with Crippen LogP contribution in [-0.4, -0.2) is 11.1 Å². The summed E-state index contributed by atoms with van der Waals surface area (Å²) in [5, 5.41) is 14.1. The molecule has 0 amide bonds. The van der Waals surface area contributed by atoms with E-state index in [9.17, 15) is 9.90 Å². The van der Waals surface area contributed by atoms with Crippen LogP contribution in [0.1, 0.15) is 10.4 Å². The van der Waals surface area contributed by atoms with Crippen LogP contribution >= 0.6 is 0 Å². The van der Waals surface area contributed by atoms with Crippen molar-refractivity contribution in [3.63, 3.8) is 0 Å². The molecular weight excluding hydrogens is 252 g/mol. The molecule has 3 aromatic carbocycles. The summed E-state index contributed by atoms with van der Waals surface area (Å²) in [5.74, 6) is -0.968. The minimum atomic E-state index is -0.968. The van der Waals surface area contributed by atoms with Crippen molar-refractivity contribution < 1.29 is 14.3 Å². The molecule has 4 aromatic rings. The van der Waals surface area contributed by atoms with Crippen LogP contribution in [0, 0.1) is 0 Å². The molecule has 0 bridgehead atoms. The monoisotopic (exact) mass is 262 g/mol. The molecule has 0 unspecified atom stereocenters. The number of hydrogen-bond donors (Lipinski definition) is 1. The lowest BCUT2D eigenvalue weighted by Crippen LogP contribution is -1.94. The Hall–Kier alpha value is -2.81. The zero-order valence-electron chi connectivity index (χ0n) is 10.5. The predicted octanol–water partition coefficient (Wildman–Crippen LogP) is 4.44. The molecule has 3 heteroatoms. The highest BCUT2D eigenvalue weighted by Gasteiger charge is 2.15. The van der Waals surface area contributed by atoms with Gasteiger partial charge in [-0.3, -0.25) is 0 Å². The van der Waals surface area contributed by atoms with E-state index in [1.165, 1.54) is 6.26 Å². The van der Waals surface area contributed by atoms with Crippen molar-refractivity contribution in [3.05, 3.63) is 60.4 Å². The molecule has 0 radical (unpaired) electrons. The normalized spacial score (nSPS) is 11.4. The van der Waals surface area contributed by atoms with E-state index in [0.717, 1.165) is 21.5 Å². The van der Waals surface area contributed by atoms with Gasteiger partial charge in [-0.25, -0.2) is 4.79 Å². The molecule has 0 aliphatic heterocycles. The molecule has 0 saturated heterocycles. The number of benzene rings is 3. The van der Waals surface area contributed by atoms with Gasteiger partial charge in [0.15, 0.2) is 0 Å². The quantitative estimate of drug-likeness (QED) is 0.516. The van der Waals surface area contributed by atoms with Crippen LogP contribution in [0.4, 0.5) is 0 Å². The molecule has 0 fully saturated rings. The lowest BCUT2D eigenvalue weighted by Gasteiger charge is -2.04. The molecule has 3 nitrogen and oxygen atoms in total. The second kappa shape index (κ2) is 3.84. The zero-order valence-corrected chi connectivity index (χ0v) is 10.5. The van der Waals surface area contributed by atoms with Crippen LogP contribution in [0.3, 0.4) is 0 Å². The van der Waals surface area contributed by atoms with Gasteiger partial charge in [-0.05, 0) is 39.7 Å². The van der Waals surface area contributed by atoms with E-state index in [-0.39, 0.29) is 5.56 Å². The molecule has 0 atom stereocenters. The van der Waals surface area contributed by atoms with Gasteiger partial charge in [0.05, 0.1) is 0 Å². The van der Waals surface area contributed by atoms with Gasteiger partial charge in [0, 0.05) is 5.39 Å². The summed E-state index contributed by atoms with van der Waals surface area (Å²) in [4.78, 5) is 11.3. The Kier molecular flexibility index (Phi) is 2.12. The Morgan fingerprint density at radius 3 is 2.45 bits per heavy atom. The van der Waals surface area contributed by atoms with Crippen LogP contribution in [-0.2, 0) is 0 Å². The van der Waals surface area contributed by atoms with Gasteiger partial charge in [0.1, 0.15) is 17.4 Å². The molecule has 0 saturated carbocycles. The number of aromatic carboxylic acids is 1. The molecule has 0 aliphatic rings. The highest BCUT2D eigenvalue weighted by Crippen LogP contribution is 2.32. The lowest BCUT2D eigenvalue weighted by molar-refractivity contribution is 0.0698. The largest absolute Gasteiger partial charge is 0.478 e. The van der Waals surface area contributed by atoms with Gasteiger partial charge < -0.3 is 9.52 Å². The maximum absolute atomic E-state index is 11.3. The van der Waals surface area contributed by atoms with E-state index in [4.69, 9.17) is 4.42 Å². The zero-order chi connectivity index (χ0) is 13.7. The highest BCUT2D eigenvalue weighted by molar-refractivity contribution is 6.17. The summed E-state index contributed by atoms with van der Waals surface area (Å²) in [6.07, 6.45) is 1.31. The van der Waals surface area contributed by atoms with Crippen molar-refractivity contribution in [2.45, 2.75) is 0 Å². The Labute approximate surface area is 114 Å². The third-order valence-electron chi connectivity index (χ3n) is 3.65. The van der Waals surface area contributed by atoms with E-state index in [0.29, 0.717) is 11.0 Å². The Morgan fingerprint density at radius 1 is 0.950 bits per heavy atom. The molecular formula is C17H10O3. The van der Waals surface area contributed by atoms with E-state index in [1.807, 2.05) is 42.5 Å². The average molecular weight is 262 g/mol. The fraction of sp³-hybridized carbons (Fsp3) is 0. The van der Waals surface area contributed by atoms with Crippen molar-refractivity contribution in [2.24, 2.45) is 0 Å². The van der Waals surface area contributed by atoms with Crippen molar-refractivity contribution in [3.8, 4) is 0 Å². The first kappa shape index (κ1) is 11.1.